The summed E-state index contributed by atoms with van der Waals surface area (Å²) in [4.78, 5) is 11.8. The van der Waals surface area contributed by atoms with Gasteiger partial charge in [0.15, 0.2) is 0 Å². The van der Waals surface area contributed by atoms with Gasteiger partial charge in [0.05, 0.1) is 18.2 Å². The maximum Gasteiger partial charge on any atom is 0.304 e. The molecular formula is C12H17NO4S2. The fourth-order valence-corrected chi connectivity index (χ4v) is 5.08. The van der Waals surface area contributed by atoms with Gasteiger partial charge in [-0.25, -0.2) is 8.42 Å². The van der Waals surface area contributed by atoms with E-state index >= 15 is 0 Å². The molecule has 1 aliphatic heterocycles. The highest BCUT2D eigenvalue weighted by Crippen LogP contribution is 2.36. The summed E-state index contributed by atoms with van der Waals surface area (Å²) in [5.74, 6) is -1.40. The Morgan fingerprint density at radius 3 is 2.95 bits per heavy atom. The van der Waals surface area contributed by atoms with E-state index in [1.165, 1.54) is 9.18 Å². The van der Waals surface area contributed by atoms with Gasteiger partial charge in [-0.1, -0.05) is 6.92 Å². The molecule has 0 aliphatic carbocycles. The summed E-state index contributed by atoms with van der Waals surface area (Å²) in [5, 5.41) is 10.6. The molecule has 1 aliphatic rings. The van der Waals surface area contributed by atoms with Crippen molar-refractivity contribution < 1.29 is 18.3 Å². The first kappa shape index (κ1) is 14.5. The van der Waals surface area contributed by atoms with E-state index < -0.39 is 16.0 Å². The fourth-order valence-electron chi connectivity index (χ4n) is 2.46. The van der Waals surface area contributed by atoms with Crippen molar-refractivity contribution in [2.45, 2.75) is 32.2 Å². The molecule has 1 aromatic rings. The van der Waals surface area contributed by atoms with Crippen molar-refractivity contribution in [3.8, 4) is 0 Å². The van der Waals surface area contributed by atoms with Crippen LogP contribution in [0.1, 0.15) is 36.2 Å². The number of hydrogen-bond donors (Lipinski definition) is 1. The number of rotatable bonds is 5. The first-order valence-corrected chi connectivity index (χ1v) is 8.72. The lowest BCUT2D eigenvalue weighted by molar-refractivity contribution is -0.136. The van der Waals surface area contributed by atoms with Gasteiger partial charge in [-0.15, -0.1) is 11.3 Å². The van der Waals surface area contributed by atoms with E-state index in [2.05, 4.69) is 0 Å². The molecule has 7 heteroatoms. The van der Waals surface area contributed by atoms with Crippen LogP contribution in [0.4, 0.5) is 0 Å². The SMILES string of the molecule is CCC1c2ccsc2CCN1S(=O)(=O)CCC(=O)O. The number of thiophene rings is 1. The molecule has 0 bridgehead atoms. The van der Waals surface area contributed by atoms with Crippen LogP contribution in [0.25, 0.3) is 0 Å². The van der Waals surface area contributed by atoms with Crippen molar-refractivity contribution in [2.24, 2.45) is 0 Å². The van der Waals surface area contributed by atoms with Gasteiger partial charge in [0.25, 0.3) is 0 Å². The number of hydrogen-bond acceptors (Lipinski definition) is 4. The van der Waals surface area contributed by atoms with Crippen LogP contribution in [-0.4, -0.2) is 36.1 Å². The van der Waals surface area contributed by atoms with E-state index in [0.29, 0.717) is 13.0 Å². The van der Waals surface area contributed by atoms with E-state index in [0.717, 1.165) is 12.0 Å². The summed E-state index contributed by atoms with van der Waals surface area (Å²) in [6.07, 6.45) is 1.08. The molecule has 1 N–H and O–H groups in total. The third-order valence-corrected chi connectivity index (χ3v) is 6.23. The zero-order valence-electron chi connectivity index (χ0n) is 10.7. The molecule has 1 unspecified atom stereocenters. The summed E-state index contributed by atoms with van der Waals surface area (Å²) in [6, 6.07) is 1.83. The average Bonchev–Trinajstić information content (AvgIpc) is 2.83. The van der Waals surface area contributed by atoms with Crippen molar-refractivity contribution in [3.63, 3.8) is 0 Å². The fraction of sp³-hybridized carbons (Fsp3) is 0.583. The summed E-state index contributed by atoms with van der Waals surface area (Å²) in [6.45, 7) is 2.41. The van der Waals surface area contributed by atoms with Crippen LogP contribution in [0, 0.1) is 0 Å². The van der Waals surface area contributed by atoms with Crippen LogP contribution >= 0.6 is 11.3 Å². The topological polar surface area (TPSA) is 74.7 Å². The summed E-state index contributed by atoms with van der Waals surface area (Å²) in [7, 11) is -3.50. The molecule has 0 amide bonds. The van der Waals surface area contributed by atoms with Gasteiger partial charge in [0.2, 0.25) is 10.0 Å². The minimum atomic E-state index is -3.50. The highest BCUT2D eigenvalue weighted by molar-refractivity contribution is 7.89. The minimum absolute atomic E-state index is 0.145. The number of sulfonamides is 1. The van der Waals surface area contributed by atoms with E-state index in [1.807, 2.05) is 18.4 Å². The second-order valence-electron chi connectivity index (χ2n) is 4.54. The van der Waals surface area contributed by atoms with E-state index in [4.69, 9.17) is 5.11 Å². The third kappa shape index (κ3) is 2.98. The highest BCUT2D eigenvalue weighted by Gasteiger charge is 2.34. The minimum Gasteiger partial charge on any atom is -0.481 e. The van der Waals surface area contributed by atoms with Gasteiger partial charge in [-0.2, -0.15) is 4.31 Å². The lowest BCUT2D eigenvalue weighted by Crippen LogP contribution is -2.40. The van der Waals surface area contributed by atoms with E-state index in [1.54, 1.807) is 11.3 Å². The Kier molecular flexibility index (Phi) is 4.27. The lowest BCUT2D eigenvalue weighted by atomic mass is 10.0. The summed E-state index contributed by atoms with van der Waals surface area (Å²) < 4.78 is 26.0. The molecule has 0 radical (unpaired) electrons. The molecule has 1 aromatic heterocycles. The smallest absolute Gasteiger partial charge is 0.304 e. The van der Waals surface area contributed by atoms with E-state index in [9.17, 15) is 13.2 Å². The number of nitrogens with zero attached hydrogens (tertiary/aromatic N) is 1. The van der Waals surface area contributed by atoms with Gasteiger partial charge in [-0.3, -0.25) is 4.79 Å². The molecule has 2 rings (SSSR count). The molecule has 0 fully saturated rings. The Morgan fingerprint density at radius 2 is 2.32 bits per heavy atom. The zero-order chi connectivity index (χ0) is 14.0. The Hall–Kier alpha value is -0.920. The lowest BCUT2D eigenvalue weighted by Gasteiger charge is -2.34. The number of fused-ring (bicyclic) bond motifs is 1. The molecule has 106 valence electrons. The zero-order valence-corrected chi connectivity index (χ0v) is 12.3. The maximum atomic E-state index is 12.3. The van der Waals surface area contributed by atoms with Crippen LogP contribution < -0.4 is 0 Å². The Balaban J connectivity index is 2.23. The average molecular weight is 303 g/mol. The first-order chi connectivity index (χ1) is 8.95. The first-order valence-electron chi connectivity index (χ1n) is 6.23. The molecule has 19 heavy (non-hydrogen) atoms. The monoisotopic (exact) mass is 303 g/mol. The van der Waals surface area contributed by atoms with Gasteiger partial charge in [-0.05, 0) is 29.9 Å². The quantitative estimate of drug-likeness (QED) is 0.901. The number of carboxylic acid groups (broad SMARTS) is 1. The third-order valence-electron chi connectivity index (χ3n) is 3.36. The second-order valence-corrected chi connectivity index (χ2v) is 7.59. The Labute approximate surface area is 116 Å². The van der Waals surface area contributed by atoms with Crippen LogP contribution in [0.2, 0.25) is 0 Å². The molecule has 2 heterocycles. The predicted octanol–water partition coefficient (Wildman–Crippen LogP) is 1.86. The highest BCUT2D eigenvalue weighted by atomic mass is 32.2. The summed E-state index contributed by atoms with van der Waals surface area (Å²) in [5.41, 5.74) is 1.08. The molecule has 1 atom stereocenters. The predicted molar refractivity (Wildman–Crippen MR) is 73.8 cm³/mol. The Morgan fingerprint density at radius 1 is 1.58 bits per heavy atom. The molecule has 0 saturated heterocycles. The summed E-state index contributed by atoms with van der Waals surface area (Å²) >= 11 is 1.66. The molecule has 0 aromatic carbocycles. The van der Waals surface area contributed by atoms with Crippen molar-refractivity contribution in [1.82, 2.24) is 4.31 Å². The Bertz CT molecular complexity index is 564. The van der Waals surface area contributed by atoms with Gasteiger partial charge in [0, 0.05) is 11.4 Å². The molecular weight excluding hydrogens is 286 g/mol. The van der Waals surface area contributed by atoms with Gasteiger partial charge < -0.3 is 5.11 Å². The van der Waals surface area contributed by atoms with Crippen LogP contribution in [-0.2, 0) is 21.2 Å². The van der Waals surface area contributed by atoms with Crippen LogP contribution in [0.15, 0.2) is 11.4 Å². The van der Waals surface area contributed by atoms with Crippen molar-refractivity contribution in [2.75, 3.05) is 12.3 Å². The van der Waals surface area contributed by atoms with Gasteiger partial charge >= 0.3 is 5.97 Å². The van der Waals surface area contributed by atoms with Crippen molar-refractivity contribution >= 4 is 27.3 Å². The molecule has 5 nitrogen and oxygen atoms in total. The number of carboxylic acids is 1. The maximum absolute atomic E-state index is 12.3. The number of aliphatic carboxylic acids is 1. The van der Waals surface area contributed by atoms with Crippen molar-refractivity contribution in [1.29, 1.82) is 0 Å². The van der Waals surface area contributed by atoms with Crippen molar-refractivity contribution in [3.05, 3.63) is 21.9 Å². The van der Waals surface area contributed by atoms with E-state index in [-0.39, 0.29) is 18.2 Å². The standard InChI is InChI=1S/C12H17NO4S2/c1-2-10-9-4-7-18-11(9)3-6-13(10)19(16,17)8-5-12(14)15/h4,7,10H,2-3,5-6,8H2,1H3,(H,14,15). The molecule has 0 spiro atoms. The second kappa shape index (κ2) is 5.60. The molecule has 0 saturated carbocycles. The van der Waals surface area contributed by atoms with Crippen LogP contribution in [0.3, 0.4) is 0 Å². The largest absolute Gasteiger partial charge is 0.481 e. The van der Waals surface area contributed by atoms with Crippen LogP contribution in [0.5, 0.6) is 0 Å². The normalized spacial score (nSPS) is 20.2. The number of carbonyl (C=O) groups is 1. The van der Waals surface area contributed by atoms with Gasteiger partial charge in [0.1, 0.15) is 0 Å².